The highest BCUT2D eigenvalue weighted by atomic mass is 16.3. The molecule has 0 aliphatic heterocycles. The molecule has 5 heteroatoms. The van der Waals surface area contributed by atoms with Gasteiger partial charge in [-0.25, -0.2) is 4.98 Å². The van der Waals surface area contributed by atoms with Gasteiger partial charge in [0.15, 0.2) is 5.69 Å². The molecule has 60 valence electrons. The number of aromatic nitrogens is 2. The van der Waals surface area contributed by atoms with Crippen molar-refractivity contribution in [1.82, 2.24) is 9.55 Å². The monoisotopic (exact) mass is 155 g/mol. The lowest BCUT2D eigenvalue weighted by Gasteiger charge is -1.96. The summed E-state index contributed by atoms with van der Waals surface area (Å²) in [7, 11) is 0. The zero-order valence-corrected chi connectivity index (χ0v) is 6.11. The Morgan fingerprint density at radius 3 is 2.82 bits per heavy atom. The van der Waals surface area contributed by atoms with Crippen molar-refractivity contribution in [1.29, 1.82) is 0 Å². The van der Waals surface area contributed by atoms with Gasteiger partial charge >= 0.3 is 0 Å². The molecule has 0 fully saturated rings. The maximum atomic E-state index is 10.5. The SMILES string of the molecule is CCn1cnc(C(N)=O)c1O. The van der Waals surface area contributed by atoms with Crippen LogP contribution in [0, 0.1) is 0 Å². The van der Waals surface area contributed by atoms with E-state index in [9.17, 15) is 9.90 Å². The van der Waals surface area contributed by atoms with Gasteiger partial charge in [-0.3, -0.25) is 4.79 Å². The first-order chi connectivity index (χ1) is 5.16. The summed E-state index contributed by atoms with van der Waals surface area (Å²) in [5, 5.41) is 9.20. The molecule has 0 radical (unpaired) electrons. The highest BCUT2D eigenvalue weighted by Gasteiger charge is 2.12. The third-order valence-electron chi connectivity index (χ3n) is 1.38. The zero-order valence-electron chi connectivity index (χ0n) is 6.11. The molecule has 0 atom stereocenters. The fourth-order valence-electron chi connectivity index (χ4n) is 0.781. The van der Waals surface area contributed by atoms with Crippen molar-refractivity contribution in [3.63, 3.8) is 0 Å². The number of aryl methyl sites for hydroxylation is 1. The molecule has 0 bridgehead atoms. The number of rotatable bonds is 2. The third kappa shape index (κ3) is 1.17. The molecule has 5 nitrogen and oxygen atoms in total. The molecule has 0 spiro atoms. The lowest BCUT2D eigenvalue weighted by atomic mass is 10.4. The number of primary amides is 1. The number of nitrogens with zero attached hydrogens (tertiary/aromatic N) is 2. The normalized spacial score (nSPS) is 9.91. The summed E-state index contributed by atoms with van der Waals surface area (Å²) >= 11 is 0. The quantitative estimate of drug-likeness (QED) is 0.615. The van der Waals surface area contributed by atoms with Gasteiger partial charge in [-0.2, -0.15) is 0 Å². The van der Waals surface area contributed by atoms with Crippen LogP contribution in [0.4, 0.5) is 0 Å². The molecule has 1 aromatic rings. The summed E-state index contributed by atoms with van der Waals surface area (Å²) in [4.78, 5) is 14.2. The van der Waals surface area contributed by atoms with Crippen molar-refractivity contribution in [2.45, 2.75) is 13.5 Å². The Balaban J connectivity index is 3.10. The molecule has 1 heterocycles. The topological polar surface area (TPSA) is 81.1 Å². The predicted octanol–water partition coefficient (Wildman–Crippen LogP) is -0.293. The Morgan fingerprint density at radius 2 is 2.55 bits per heavy atom. The van der Waals surface area contributed by atoms with Gasteiger partial charge in [-0.1, -0.05) is 0 Å². The number of hydrogen-bond acceptors (Lipinski definition) is 3. The molecule has 1 amide bonds. The number of nitrogens with two attached hydrogens (primary N) is 1. The minimum absolute atomic E-state index is 0.0770. The second-order valence-electron chi connectivity index (χ2n) is 2.07. The maximum absolute atomic E-state index is 10.5. The highest BCUT2D eigenvalue weighted by molar-refractivity contribution is 5.92. The summed E-state index contributed by atoms with van der Waals surface area (Å²) in [6, 6.07) is 0. The Bertz CT molecular complexity index is 279. The average Bonchev–Trinajstić information content (AvgIpc) is 2.30. The van der Waals surface area contributed by atoms with Gasteiger partial charge in [-0.05, 0) is 6.92 Å². The Labute approximate surface area is 63.5 Å². The van der Waals surface area contributed by atoms with E-state index in [1.807, 2.05) is 6.92 Å². The molecule has 11 heavy (non-hydrogen) atoms. The molecule has 0 aliphatic rings. The van der Waals surface area contributed by atoms with Gasteiger partial charge in [0.05, 0.1) is 6.33 Å². The van der Waals surface area contributed by atoms with E-state index in [4.69, 9.17) is 5.73 Å². The number of imidazole rings is 1. The van der Waals surface area contributed by atoms with Crippen LogP contribution in [0.1, 0.15) is 17.4 Å². The van der Waals surface area contributed by atoms with Crippen LogP contribution >= 0.6 is 0 Å². The summed E-state index contributed by atoms with van der Waals surface area (Å²) in [5.74, 6) is -0.880. The molecular formula is C6H9N3O2. The fraction of sp³-hybridized carbons (Fsp3) is 0.333. The molecule has 1 rings (SSSR count). The molecule has 0 saturated carbocycles. The van der Waals surface area contributed by atoms with E-state index in [2.05, 4.69) is 4.98 Å². The van der Waals surface area contributed by atoms with E-state index in [1.165, 1.54) is 10.9 Å². The minimum atomic E-state index is -0.713. The van der Waals surface area contributed by atoms with Crippen LogP contribution in [0.3, 0.4) is 0 Å². The first-order valence-electron chi connectivity index (χ1n) is 3.20. The first-order valence-corrected chi connectivity index (χ1v) is 3.20. The van der Waals surface area contributed by atoms with Crippen LogP contribution in [0.25, 0.3) is 0 Å². The number of hydrogen-bond donors (Lipinski definition) is 2. The van der Waals surface area contributed by atoms with Crippen LogP contribution in [-0.2, 0) is 6.54 Å². The minimum Gasteiger partial charge on any atom is -0.493 e. The first kappa shape index (κ1) is 7.59. The van der Waals surface area contributed by atoms with Crippen LogP contribution in [0.2, 0.25) is 0 Å². The van der Waals surface area contributed by atoms with Gasteiger partial charge < -0.3 is 15.4 Å². The predicted molar refractivity (Wildman–Crippen MR) is 38.1 cm³/mol. The van der Waals surface area contributed by atoms with Crippen molar-refractivity contribution in [3.05, 3.63) is 12.0 Å². The Morgan fingerprint density at radius 1 is 1.91 bits per heavy atom. The summed E-state index contributed by atoms with van der Waals surface area (Å²) in [5.41, 5.74) is 4.83. The molecule has 0 saturated heterocycles. The fourth-order valence-corrected chi connectivity index (χ4v) is 0.781. The van der Waals surface area contributed by atoms with Gasteiger partial charge in [0, 0.05) is 6.54 Å². The summed E-state index contributed by atoms with van der Waals surface area (Å²) in [6.45, 7) is 2.39. The van der Waals surface area contributed by atoms with E-state index in [-0.39, 0.29) is 11.6 Å². The van der Waals surface area contributed by atoms with E-state index >= 15 is 0 Å². The van der Waals surface area contributed by atoms with Gasteiger partial charge in [-0.15, -0.1) is 0 Å². The summed E-state index contributed by atoms with van der Waals surface area (Å²) in [6.07, 6.45) is 1.37. The number of amides is 1. The summed E-state index contributed by atoms with van der Waals surface area (Å²) < 4.78 is 1.43. The molecule has 1 aromatic heterocycles. The molecule has 3 N–H and O–H groups in total. The highest BCUT2D eigenvalue weighted by Crippen LogP contribution is 2.13. The molecule has 0 aromatic carbocycles. The van der Waals surface area contributed by atoms with Gasteiger partial charge in [0.25, 0.3) is 5.91 Å². The van der Waals surface area contributed by atoms with Crippen molar-refractivity contribution in [2.24, 2.45) is 5.73 Å². The Hall–Kier alpha value is -1.52. The van der Waals surface area contributed by atoms with Crippen LogP contribution in [0.15, 0.2) is 6.33 Å². The smallest absolute Gasteiger partial charge is 0.272 e. The van der Waals surface area contributed by atoms with Crippen LogP contribution in [-0.4, -0.2) is 20.6 Å². The van der Waals surface area contributed by atoms with Crippen molar-refractivity contribution in [2.75, 3.05) is 0 Å². The van der Waals surface area contributed by atoms with E-state index in [0.29, 0.717) is 6.54 Å². The number of aromatic hydroxyl groups is 1. The second kappa shape index (κ2) is 2.61. The standard InChI is InChI=1S/C6H9N3O2/c1-2-9-3-8-4(5(7)10)6(9)11/h3,11H,2H2,1H3,(H2,7,10). The van der Waals surface area contributed by atoms with Crippen molar-refractivity contribution in [3.8, 4) is 5.88 Å². The lowest BCUT2D eigenvalue weighted by molar-refractivity contribution is 0.0993. The molecule has 0 unspecified atom stereocenters. The van der Waals surface area contributed by atoms with Crippen molar-refractivity contribution >= 4 is 5.91 Å². The Kier molecular flexibility index (Phi) is 1.80. The van der Waals surface area contributed by atoms with Gasteiger partial charge in [0.1, 0.15) is 0 Å². The van der Waals surface area contributed by atoms with E-state index in [0.717, 1.165) is 0 Å². The van der Waals surface area contributed by atoms with E-state index in [1.54, 1.807) is 0 Å². The molecule has 0 aliphatic carbocycles. The van der Waals surface area contributed by atoms with Crippen LogP contribution < -0.4 is 5.73 Å². The average molecular weight is 155 g/mol. The zero-order chi connectivity index (χ0) is 8.43. The van der Waals surface area contributed by atoms with Crippen LogP contribution in [0.5, 0.6) is 5.88 Å². The maximum Gasteiger partial charge on any atom is 0.272 e. The largest absolute Gasteiger partial charge is 0.493 e. The number of carbonyl (C=O) groups excluding carboxylic acids is 1. The third-order valence-corrected chi connectivity index (χ3v) is 1.38. The second-order valence-corrected chi connectivity index (χ2v) is 2.07. The number of carbonyl (C=O) groups is 1. The lowest BCUT2D eigenvalue weighted by Crippen LogP contribution is -2.11. The molecular weight excluding hydrogens is 146 g/mol. The van der Waals surface area contributed by atoms with Gasteiger partial charge in [0.2, 0.25) is 5.88 Å². The van der Waals surface area contributed by atoms with E-state index < -0.39 is 5.91 Å². The van der Waals surface area contributed by atoms with Crippen molar-refractivity contribution < 1.29 is 9.90 Å².